The third kappa shape index (κ3) is 3.49. The SMILES string of the molecule is O=S(=O)(NC(=S)S)c1ccc(Cl)c(Cl)c1. The Morgan fingerprint density at radius 3 is 2.40 bits per heavy atom. The zero-order valence-corrected chi connectivity index (χ0v) is 11.1. The van der Waals surface area contributed by atoms with Gasteiger partial charge in [0.1, 0.15) is 4.32 Å². The number of sulfonamides is 1. The van der Waals surface area contributed by atoms with Gasteiger partial charge in [0.15, 0.2) is 0 Å². The van der Waals surface area contributed by atoms with Crippen LogP contribution in [0.1, 0.15) is 0 Å². The smallest absolute Gasteiger partial charge is 0.262 e. The van der Waals surface area contributed by atoms with Gasteiger partial charge in [0, 0.05) is 0 Å². The van der Waals surface area contributed by atoms with Crippen molar-refractivity contribution < 1.29 is 8.42 Å². The number of benzene rings is 1. The van der Waals surface area contributed by atoms with E-state index in [0.29, 0.717) is 0 Å². The van der Waals surface area contributed by atoms with Crippen LogP contribution in [-0.2, 0) is 10.0 Å². The second-order valence-corrected chi connectivity index (χ2v) is 6.14. The predicted octanol–water partition coefficient (Wildman–Crippen LogP) is 2.49. The molecule has 15 heavy (non-hydrogen) atoms. The van der Waals surface area contributed by atoms with Gasteiger partial charge >= 0.3 is 0 Å². The highest BCUT2D eigenvalue weighted by atomic mass is 35.5. The lowest BCUT2D eigenvalue weighted by atomic mass is 10.4. The lowest BCUT2D eigenvalue weighted by Crippen LogP contribution is -2.25. The fraction of sp³-hybridized carbons (Fsp3) is 0. The molecule has 0 aliphatic carbocycles. The Balaban J connectivity index is 3.17. The molecule has 0 atom stereocenters. The van der Waals surface area contributed by atoms with Crippen molar-refractivity contribution in [1.29, 1.82) is 0 Å². The molecule has 1 aromatic rings. The summed E-state index contributed by atoms with van der Waals surface area (Å²) in [5, 5.41) is 0.439. The summed E-state index contributed by atoms with van der Waals surface area (Å²) in [6.45, 7) is 0. The van der Waals surface area contributed by atoms with Crippen LogP contribution in [0.5, 0.6) is 0 Å². The average molecular weight is 302 g/mol. The van der Waals surface area contributed by atoms with Crippen molar-refractivity contribution in [3.8, 4) is 0 Å². The van der Waals surface area contributed by atoms with Crippen molar-refractivity contribution >= 4 is 62.4 Å². The van der Waals surface area contributed by atoms with E-state index in [9.17, 15) is 8.42 Å². The maximum atomic E-state index is 11.6. The Labute approximate surface area is 108 Å². The van der Waals surface area contributed by atoms with Gasteiger partial charge in [-0.25, -0.2) is 8.42 Å². The number of nitrogens with one attached hydrogen (secondary N) is 1. The Kier molecular flexibility index (Phi) is 4.25. The van der Waals surface area contributed by atoms with Gasteiger partial charge in [-0.15, -0.1) is 12.6 Å². The molecule has 0 aromatic heterocycles. The highest BCUT2D eigenvalue weighted by Gasteiger charge is 2.15. The predicted molar refractivity (Wildman–Crippen MR) is 68.4 cm³/mol. The summed E-state index contributed by atoms with van der Waals surface area (Å²) in [5.41, 5.74) is 0. The molecular weight excluding hydrogens is 297 g/mol. The summed E-state index contributed by atoms with van der Waals surface area (Å²) in [6.07, 6.45) is 0. The molecule has 0 saturated carbocycles. The van der Waals surface area contributed by atoms with Crippen molar-refractivity contribution in [2.24, 2.45) is 0 Å². The van der Waals surface area contributed by atoms with Crippen molar-refractivity contribution in [2.45, 2.75) is 4.90 Å². The molecule has 0 saturated heterocycles. The molecule has 1 N–H and O–H groups in total. The molecule has 0 amide bonds. The first-order valence-corrected chi connectivity index (χ1v) is 6.63. The van der Waals surface area contributed by atoms with Crippen molar-refractivity contribution in [1.82, 2.24) is 4.72 Å². The second-order valence-electron chi connectivity index (χ2n) is 2.49. The fourth-order valence-electron chi connectivity index (χ4n) is 0.818. The van der Waals surface area contributed by atoms with Crippen molar-refractivity contribution in [2.75, 3.05) is 0 Å². The monoisotopic (exact) mass is 301 g/mol. The Bertz CT molecular complexity index is 501. The first-order valence-electron chi connectivity index (χ1n) is 3.54. The molecule has 0 fully saturated rings. The van der Waals surface area contributed by atoms with E-state index >= 15 is 0 Å². The summed E-state index contributed by atoms with van der Waals surface area (Å²) in [4.78, 5) is -0.0201. The maximum Gasteiger partial charge on any atom is 0.262 e. The van der Waals surface area contributed by atoms with Gasteiger partial charge in [-0.05, 0) is 18.2 Å². The van der Waals surface area contributed by atoms with E-state index in [4.69, 9.17) is 23.2 Å². The number of hydrogen-bond donors (Lipinski definition) is 2. The molecule has 0 aliphatic heterocycles. The Hall–Kier alpha value is -0.0100. The van der Waals surface area contributed by atoms with Crippen molar-refractivity contribution in [3.05, 3.63) is 28.2 Å². The second kappa shape index (κ2) is 4.88. The van der Waals surface area contributed by atoms with Crippen LogP contribution in [0, 0.1) is 0 Å². The van der Waals surface area contributed by atoms with E-state index in [1.165, 1.54) is 18.2 Å². The molecule has 0 spiro atoms. The summed E-state index contributed by atoms with van der Waals surface area (Å²) >= 11 is 19.5. The lowest BCUT2D eigenvalue weighted by Gasteiger charge is -2.06. The van der Waals surface area contributed by atoms with E-state index in [0.717, 1.165) is 0 Å². The van der Waals surface area contributed by atoms with Crippen LogP contribution in [0.2, 0.25) is 10.0 Å². The lowest BCUT2D eigenvalue weighted by molar-refractivity contribution is 0.593. The highest BCUT2D eigenvalue weighted by Crippen LogP contribution is 2.24. The minimum absolute atomic E-state index is 0.0201. The number of hydrogen-bond acceptors (Lipinski definition) is 3. The molecule has 0 bridgehead atoms. The van der Waals surface area contributed by atoms with Crippen LogP contribution in [0.3, 0.4) is 0 Å². The highest BCUT2D eigenvalue weighted by molar-refractivity contribution is 8.12. The van der Waals surface area contributed by atoms with Crippen LogP contribution in [-0.4, -0.2) is 12.7 Å². The molecular formula is C7H5Cl2NO2S3. The largest absolute Gasteiger partial charge is 0.264 e. The Morgan fingerprint density at radius 2 is 1.93 bits per heavy atom. The van der Waals surface area contributed by atoms with Gasteiger partial charge in [0.05, 0.1) is 14.9 Å². The maximum absolute atomic E-state index is 11.6. The zero-order chi connectivity index (χ0) is 11.6. The van der Waals surface area contributed by atoms with Crippen LogP contribution in [0.4, 0.5) is 0 Å². The van der Waals surface area contributed by atoms with E-state index in [1.807, 2.05) is 4.72 Å². The number of thiocarbonyl (C=S) groups is 1. The van der Waals surface area contributed by atoms with Crippen LogP contribution >= 0.6 is 48.0 Å². The fourth-order valence-corrected chi connectivity index (χ4v) is 2.74. The van der Waals surface area contributed by atoms with Gasteiger partial charge in [0.2, 0.25) is 0 Å². The van der Waals surface area contributed by atoms with Gasteiger partial charge < -0.3 is 0 Å². The van der Waals surface area contributed by atoms with E-state index in [2.05, 4.69) is 24.8 Å². The Morgan fingerprint density at radius 1 is 1.33 bits per heavy atom. The topological polar surface area (TPSA) is 46.2 Å². The van der Waals surface area contributed by atoms with Gasteiger partial charge in [-0.3, -0.25) is 4.72 Å². The number of halogens is 2. The molecule has 0 aliphatic rings. The third-order valence-corrected chi connectivity index (χ3v) is 4.00. The molecule has 0 radical (unpaired) electrons. The summed E-state index contributed by atoms with van der Waals surface area (Å²) in [6, 6.07) is 3.95. The molecule has 3 nitrogen and oxygen atoms in total. The molecule has 8 heteroatoms. The van der Waals surface area contributed by atoms with Crippen molar-refractivity contribution in [3.63, 3.8) is 0 Å². The third-order valence-electron chi connectivity index (χ3n) is 1.42. The summed E-state index contributed by atoms with van der Waals surface area (Å²) < 4.78 is 25.0. The molecule has 1 aromatic carbocycles. The van der Waals surface area contributed by atoms with Crippen LogP contribution in [0.15, 0.2) is 23.1 Å². The molecule has 0 heterocycles. The van der Waals surface area contributed by atoms with Gasteiger partial charge in [-0.2, -0.15) is 0 Å². The number of thiol groups is 1. The van der Waals surface area contributed by atoms with E-state index in [-0.39, 0.29) is 19.3 Å². The van der Waals surface area contributed by atoms with E-state index < -0.39 is 10.0 Å². The van der Waals surface area contributed by atoms with Gasteiger partial charge in [0.25, 0.3) is 10.0 Å². The normalized spacial score (nSPS) is 11.1. The summed E-state index contributed by atoms with van der Waals surface area (Å²) in [7, 11) is -3.71. The minimum atomic E-state index is -3.71. The average Bonchev–Trinajstić information content (AvgIpc) is 2.07. The van der Waals surface area contributed by atoms with Gasteiger partial charge in [-0.1, -0.05) is 35.4 Å². The standard InChI is InChI=1S/C7H5Cl2NO2S3/c8-5-2-1-4(3-6(5)9)15(11,12)10-7(13)14/h1-3H,(H2,10,13,14). The minimum Gasteiger partial charge on any atom is -0.264 e. The molecule has 1 rings (SSSR count). The van der Waals surface area contributed by atoms with E-state index in [1.54, 1.807) is 0 Å². The first kappa shape index (κ1) is 13.1. The summed E-state index contributed by atoms with van der Waals surface area (Å²) in [5.74, 6) is 0. The quantitative estimate of drug-likeness (QED) is 0.652. The zero-order valence-electron chi connectivity index (χ0n) is 7.07. The van der Waals surface area contributed by atoms with Crippen LogP contribution in [0.25, 0.3) is 0 Å². The number of rotatable bonds is 2. The van der Waals surface area contributed by atoms with Crippen LogP contribution < -0.4 is 4.72 Å². The molecule has 82 valence electrons. The molecule has 0 unspecified atom stereocenters. The first-order chi connectivity index (χ1) is 6.83.